The Balaban J connectivity index is 2.67. The second kappa shape index (κ2) is 9.99. The summed E-state index contributed by atoms with van der Waals surface area (Å²) in [5, 5.41) is 10.6. The summed E-state index contributed by atoms with van der Waals surface area (Å²) >= 11 is 0. The first kappa shape index (κ1) is 17.2. The third-order valence-electron chi connectivity index (χ3n) is 4.31. The highest BCUT2D eigenvalue weighted by Crippen LogP contribution is 2.29. The second-order valence-electron chi connectivity index (χ2n) is 5.97. The highest BCUT2D eigenvalue weighted by atomic mass is 16.3. The number of unbranched alkanes of at least 4 members (excludes halogenated alkanes) is 2. The van der Waals surface area contributed by atoms with Gasteiger partial charge in [-0.3, -0.25) is 0 Å². The van der Waals surface area contributed by atoms with Gasteiger partial charge in [0.05, 0.1) is 6.10 Å². The molecule has 0 aromatic heterocycles. The normalized spacial score (nSPS) is 14.2. The maximum absolute atomic E-state index is 10.6. The summed E-state index contributed by atoms with van der Waals surface area (Å²) in [6.07, 6.45) is 9.09. The maximum atomic E-state index is 10.6. The van der Waals surface area contributed by atoms with E-state index in [4.69, 9.17) is 0 Å². The zero-order valence-electron chi connectivity index (χ0n) is 13.6. The van der Waals surface area contributed by atoms with Crippen LogP contribution in [0.5, 0.6) is 0 Å². The van der Waals surface area contributed by atoms with Gasteiger partial charge in [0.15, 0.2) is 0 Å². The van der Waals surface area contributed by atoms with Gasteiger partial charge in [-0.1, -0.05) is 77.1 Å². The minimum Gasteiger partial charge on any atom is -0.388 e. The van der Waals surface area contributed by atoms with E-state index in [9.17, 15) is 5.11 Å². The van der Waals surface area contributed by atoms with Gasteiger partial charge in [0.1, 0.15) is 0 Å². The van der Waals surface area contributed by atoms with E-state index in [-0.39, 0.29) is 6.10 Å². The van der Waals surface area contributed by atoms with Gasteiger partial charge in [-0.15, -0.1) is 0 Å². The molecule has 1 nitrogen and oxygen atoms in total. The van der Waals surface area contributed by atoms with Crippen LogP contribution in [0.25, 0.3) is 0 Å². The highest BCUT2D eigenvalue weighted by molar-refractivity contribution is 5.29. The summed E-state index contributed by atoms with van der Waals surface area (Å²) in [6.45, 7) is 6.70. The van der Waals surface area contributed by atoms with Crippen molar-refractivity contribution < 1.29 is 5.11 Å². The average molecular weight is 276 g/mol. The van der Waals surface area contributed by atoms with Crippen LogP contribution in [-0.2, 0) is 6.42 Å². The van der Waals surface area contributed by atoms with Crippen LogP contribution in [0, 0.1) is 5.92 Å². The van der Waals surface area contributed by atoms with E-state index in [0.717, 1.165) is 18.4 Å². The molecule has 0 saturated carbocycles. The number of hydrogen-bond acceptors (Lipinski definition) is 1. The zero-order valence-corrected chi connectivity index (χ0v) is 13.6. The summed E-state index contributed by atoms with van der Waals surface area (Å²) in [5.74, 6) is 0.657. The fourth-order valence-corrected chi connectivity index (χ4v) is 2.88. The van der Waals surface area contributed by atoms with Gasteiger partial charge in [0, 0.05) is 0 Å². The molecule has 1 aromatic rings. The van der Waals surface area contributed by atoms with Crippen LogP contribution in [0.4, 0.5) is 0 Å². The molecule has 0 radical (unpaired) electrons. The van der Waals surface area contributed by atoms with Crippen molar-refractivity contribution in [1.29, 1.82) is 0 Å². The van der Waals surface area contributed by atoms with E-state index in [2.05, 4.69) is 45.0 Å². The van der Waals surface area contributed by atoms with Crippen LogP contribution in [0.2, 0.25) is 0 Å². The second-order valence-corrected chi connectivity index (χ2v) is 5.97. The molecule has 1 heteroatoms. The molecule has 1 aromatic carbocycles. The van der Waals surface area contributed by atoms with Gasteiger partial charge in [-0.2, -0.15) is 0 Å². The van der Waals surface area contributed by atoms with E-state index in [1.807, 2.05) is 0 Å². The van der Waals surface area contributed by atoms with Crippen LogP contribution in [0.1, 0.15) is 82.9 Å². The molecule has 0 amide bonds. The standard InChI is InChI=1S/C19H32O/c1-4-7-11-16(6-3)15-19(20)18-14-10-9-13-17(18)12-8-5-2/h9-10,13-14,16,19-20H,4-8,11-12,15H2,1-3H3. The predicted octanol–water partition coefficient (Wildman–Crippen LogP) is 5.67. The lowest BCUT2D eigenvalue weighted by molar-refractivity contribution is 0.138. The molecule has 114 valence electrons. The van der Waals surface area contributed by atoms with Crippen molar-refractivity contribution in [2.24, 2.45) is 5.92 Å². The highest BCUT2D eigenvalue weighted by Gasteiger charge is 2.16. The van der Waals surface area contributed by atoms with Crippen LogP contribution >= 0.6 is 0 Å². The fourth-order valence-electron chi connectivity index (χ4n) is 2.88. The zero-order chi connectivity index (χ0) is 14.8. The minimum atomic E-state index is -0.287. The quantitative estimate of drug-likeness (QED) is 0.584. The topological polar surface area (TPSA) is 20.2 Å². The Labute approximate surface area is 125 Å². The molecule has 0 aliphatic rings. The van der Waals surface area contributed by atoms with Gasteiger partial charge in [0.2, 0.25) is 0 Å². The monoisotopic (exact) mass is 276 g/mol. The Morgan fingerprint density at radius 3 is 2.35 bits per heavy atom. The van der Waals surface area contributed by atoms with Crippen LogP contribution in [0.15, 0.2) is 24.3 Å². The largest absolute Gasteiger partial charge is 0.388 e. The van der Waals surface area contributed by atoms with E-state index < -0.39 is 0 Å². The van der Waals surface area contributed by atoms with Crippen molar-refractivity contribution in [3.05, 3.63) is 35.4 Å². The molecule has 0 bridgehead atoms. The summed E-state index contributed by atoms with van der Waals surface area (Å²) in [7, 11) is 0. The summed E-state index contributed by atoms with van der Waals surface area (Å²) in [4.78, 5) is 0. The fraction of sp³-hybridized carbons (Fsp3) is 0.684. The average Bonchev–Trinajstić information content (AvgIpc) is 2.49. The van der Waals surface area contributed by atoms with Gasteiger partial charge in [-0.05, 0) is 36.3 Å². The van der Waals surface area contributed by atoms with Crippen molar-refractivity contribution in [2.75, 3.05) is 0 Å². The van der Waals surface area contributed by atoms with E-state index in [1.54, 1.807) is 0 Å². The molecule has 0 fully saturated rings. The number of aliphatic hydroxyl groups excluding tert-OH is 1. The number of rotatable bonds is 10. The Morgan fingerprint density at radius 1 is 1.00 bits per heavy atom. The molecule has 20 heavy (non-hydrogen) atoms. The number of aliphatic hydroxyl groups is 1. The molecule has 0 aliphatic carbocycles. The van der Waals surface area contributed by atoms with Crippen LogP contribution in [0.3, 0.4) is 0 Å². The first-order valence-electron chi connectivity index (χ1n) is 8.48. The number of hydrogen-bond donors (Lipinski definition) is 1. The van der Waals surface area contributed by atoms with Crippen molar-refractivity contribution in [3.63, 3.8) is 0 Å². The lowest BCUT2D eigenvalue weighted by Gasteiger charge is -2.21. The van der Waals surface area contributed by atoms with Crippen molar-refractivity contribution in [2.45, 2.75) is 78.2 Å². The molecule has 2 unspecified atom stereocenters. The van der Waals surface area contributed by atoms with E-state index in [0.29, 0.717) is 5.92 Å². The smallest absolute Gasteiger partial charge is 0.0795 e. The van der Waals surface area contributed by atoms with Crippen molar-refractivity contribution >= 4 is 0 Å². The Morgan fingerprint density at radius 2 is 1.70 bits per heavy atom. The molecular weight excluding hydrogens is 244 g/mol. The van der Waals surface area contributed by atoms with Crippen LogP contribution < -0.4 is 0 Å². The molecule has 0 spiro atoms. The molecule has 1 N–H and O–H groups in total. The molecule has 0 saturated heterocycles. The Hall–Kier alpha value is -0.820. The van der Waals surface area contributed by atoms with Crippen molar-refractivity contribution in [1.82, 2.24) is 0 Å². The van der Waals surface area contributed by atoms with Gasteiger partial charge < -0.3 is 5.11 Å². The minimum absolute atomic E-state index is 0.287. The Kier molecular flexibility index (Phi) is 8.60. The lowest BCUT2D eigenvalue weighted by Crippen LogP contribution is -2.09. The van der Waals surface area contributed by atoms with Gasteiger partial charge >= 0.3 is 0 Å². The molecular formula is C19H32O. The lowest BCUT2D eigenvalue weighted by atomic mass is 9.88. The molecule has 0 heterocycles. The molecule has 0 aliphatic heterocycles. The summed E-state index contributed by atoms with van der Waals surface area (Å²) in [5.41, 5.74) is 2.50. The molecule has 2 atom stereocenters. The summed E-state index contributed by atoms with van der Waals surface area (Å²) < 4.78 is 0. The summed E-state index contributed by atoms with van der Waals surface area (Å²) in [6, 6.07) is 8.44. The van der Waals surface area contributed by atoms with Crippen molar-refractivity contribution in [3.8, 4) is 0 Å². The SMILES string of the molecule is CCCCc1ccccc1C(O)CC(CC)CCCC. The number of aryl methyl sites for hydroxylation is 1. The third-order valence-corrected chi connectivity index (χ3v) is 4.31. The Bertz CT molecular complexity index is 359. The van der Waals surface area contributed by atoms with Crippen LogP contribution in [-0.4, -0.2) is 5.11 Å². The third kappa shape index (κ3) is 5.66. The first-order valence-corrected chi connectivity index (χ1v) is 8.48. The number of benzene rings is 1. The first-order chi connectivity index (χ1) is 9.72. The van der Waals surface area contributed by atoms with Gasteiger partial charge in [-0.25, -0.2) is 0 Å². The van der Waals surface area contributed by atoms with E-state index in [1.165, 1.54) is 44.1 Å². The predicted molar refractivity (Wildman–Crippen MR) is 87.9 cm³/mol. The maximum Gasteiger partial charge on any atom is 0.0795 e. The van der Waals surface area contributed by atoms with Gasteiger partial charge in [0.25, 0.3) is 0 Å². The van der Waals surface area contributed by atoms with E-state index >= 15 is 0 Å². The molecule has 1 rings (SSSR count).